The quantitative estimate of drug-likeness (QED) is 0.788. The van der Waals surface area contributed by atoms with Crippen molar-refractivity contribution in [1.29, 1.82) is 0 Å². The second-order valence-electron chi connectivity index (χ2n) is 5.52. The summed E-state index contributed by atoms with van der Waals surface area (Å²) in [4.78, 5) is 14.2. The van der Waals surface area contributed by atoms with Gasteiger partial charge in [0.05, 0.1) is 21.6 Å². The number of nitrogens with zero attached hydrogens (tertiary/aromatic N) is 1. The number of sulfone groups is 1. The third kappa shape index (κ3) is 4.52. The lowest BCUT2D eigenvalue weighted by molar-refractivity contribution is -0.139. The Bertz CT molecular complexity index is 693. The predicted molar refractivity (Wildman–Crippen MR) is 91.0 cm³/mol. The van der Waals surface area contributed by atoms with Crippen LogP contribution in [0.15, 0.2) is 18.2 Å². The van der Waals surface area contributed by atoms with Crippen LogP contribution in [-0.2, 0) is 14.6 Å². The molecule has 2 unspecified atom stereocenters. The first-order chi connectivity index (χ1) is 10.7. The van der Waals surface area contributed by atoms with Crippen LogP contribution in [0.25, 0.3) is 0 Å². The number of benzene rings is 1. The minimum Gasteiger partial charge on any atom is -0.481 e. The second-order valence-corrected chi connectivity index (χ2v) is 8.56. The summed E-state index contributed by atoms with van der Waals surface area (Å²) in [5, 5.41) is 0.752. The van der Waals surface area contributed by atoms with Crippen LogP contribution in [0.2, 0.25) is 10.0 Å². The molecule has 0 saturated carbocycles. The van der Waals surface area contributed by atoms with E-state index in [0.29, 0.717) is 28.8 Å². The first-order valence-corrected chi connectivity index (χ1v) is 9.94. The number of hydrogen-bond donors (Lipinski definition) is 0. The Morgan fingerprint density at radius 2 is 2.09 bits per heavy atom. The van der Waals surface area contributed by atoms with E-state index in [-0.39, 0.29) is 23.5 Å². The Kier molecular flexibility index (Phi) is 5.81. The van der Waals surface area contributed by atoms with Gasteiger partial charge in [-0.05, 0) is 32.4 Å². The van der Waals surface area contributed by atoms with Gasteiger partial charge in [-0.1, -0.05) is 23.2 Å². The molecule has 1 heterocycles. The fourth-order valence-electron chi connectivity index (χ4n) is 2.65. The molecule has 2 atom stereocenters. The monoisotopic (exact) mass is 379 g/mol. The van der Waals surface area contributed by atoms with Gasteiger partial charge in [0.2, 0.25) is 0 Å². The van der Waals surface area contributed by atoms with Crippen molar-refractivity contribution in [3.8, 4) is 5.75 Å². The van der Waals surface area contributed by atoms with E-state index in [1.807, 2.05) is 6.92 Å². The average Bonchev–Trinajstić information content (AvgIpc) is 2.83. The first kappa shape index (κ1) is 18.4. The number of ether oxygens (including phenoxy) is 1. The Labute approximate surface area is 146 Å². The van der Waals surface area contributed by atoms with Gasteiger partial charge in [0.1, 0.15) is 5.75 Å². The van der Waals surface area contributed by atoms with E-state index >= 15 is 0 Å². The van der Waals surface area contributed by atoms with Gasteiger partial charge in [-0.2, -0.15) is 0 Å². The molecular formula is C15H19Cl2NO4S. The van der Waals surface area contributed by atoms with Crippen LogP contribution in [-0.4, -0.2) is 49.4 Å². The number of hydrogen-bond acceptors (Lipinski definition) is 4. The van der Waals surface area contributed by atoms with Crippen LogP contribution in [0.5, 0.6) is 5.75 Å². The molecule has 0 aromatic heterocycles. The Morgan fingerprint density at radius 3 is 2.61 bits per heavy atom. The summed E-state index contributed by atoms with van der Waals surface area (Å²) in [5.74, 6) is 0.353. The topological polar surface area (TPSA) is 63.7 Å². The van der Waals surface area contributed by atoms with E-state index in [2.05, 4.69) is 0 Å². The lowest BCUT2D eigenvalue weighted by Crippen LogP contribution is -2.46. The average molecular weight is 380 g/mol. The standard InChI is InChI=1S/C15H19Cl2NO4S/c1-3-18(11-6-7-23(20,21)9-11)15(19)10(2)22-12-4-5-13(16)14(17)8-12/h4-5,8,10-11H,3,6-7,9H2,1-2H3. The molecule has 128 valence electrons. The zero-order valence-corrected chi connectivity index (χ0v) is 15.3. The van der Waals surface area contributed by atoms with E-state index < -0.39 is 15.9 Å². The molecule has 0 spiro atoms. The zero-order chi connectivity index (χ0) is 17.2. The summed E-state index contributed by atoms with van der Waals surface area (Å²) < 4.78 is 28.9. The van der Waals surface area contributed by atoms with E-state index in [0.717, 1.165) is 0 Å². The van der Waals surface area contributed by atoms with Gasteiger partial charge in [0.15, 0.2) is 15.9 Å². The molecule has 1 fully saturated rings. The number of amides is 1. The molecule has 8 heteroatoms. The van der Waals surface area contributed by atoms with Crippen LogP contribution in [0, 0.1) is 0 Å². The lowest BCUT2D eigenvalue weighted by Gasteiger charge is -2.29. The summed E-state index contributed by atoms with van der Waals surface area (Å²) >= 11 is 11.8. The largest absolute Gasteiger partial charge is 0.481 e. The molecule has 1 aliphatic rings. The Morgan fingerprint density at radius 1 is 1.39 bits per heavy atom. The van der Waals surface area contributed by atoms with Crippen LogP contribution >= 0.6 is 23.2 Å². The lowest BCUT2D eigenvalue weighted by atomic mass is 10.2. The minimum atomic E-state index is -3.05. The van der Waals surface area contributed by atoms with E-state index in [1.54, 1.807) is 30.0 Å². The highest BCUT2D eigenvalue weighted by Crippen LogP contribution is 2.27. The molecule has 23 heavy (non-hydrogen) atoms. The number of carbonyl (C=O) groups is 1. The van der Waals surface area contributed by atoms with Crippen molar-refractivity contribution >= 4 is 38.9 Å². The SMILES string of the molecule is CCN(C(=O)C(C)Oc1ccc(Cl)c(Cl)c1)C1CCS(=O)(=O)C1. The highest BCUT2D eigenvalue weighted by atomic mass is 35.5. The predicted octanol–water partition coefficient (Wildman–Crippen LogP) is 2.80. The zero-order valence-electron chi connectivity index (χ0n) is 13.0. The van der Waals surface area contributed by atoms with Crippen LogP contribution in [0.4, 0.5) is 0 Å². The Hall–Kier alpha value is -0.980. The Balaban J connectivity index is 2.06. The molecule has 0 N–H and O–H groups in total. The van der Waals surface area contributed by atoms with Gasteiger partial charge in [0.25, 0.3) is 5.91 Å². The van der Waals surface area contributed by atoms with Gasteiger partial charge in [-0.3, -0.25) is 4.79 Å². The summed E-state index contributed by atoms with van der Waals surface area (Å²) in [7, 11) is -3.05. The van der Waals surface area contributed by atoms with Gasteiger partial charge < -0.3 is 9.64 Å². The molecule has 0 radical (unpaired) electrons. The van der Waals surface area contributed by atoms with Gasteiger partial charge in [-0.15, -0.1) is 0 Å². The number of rotatable bonds is 5. The van der Waals surface area contributed by atoms with Gasteiger partial charge >= 0.3 is 0 Å². The normalized spacial score (nSPS) is 21.0. The summed E-state index contributed by atoms with van der Waals surface area (Å²) in [5.41, 5.74) is 0. The van der Waals surface area contributed by atoms with Crippen molar-refractivity contribution in [2.75, 3.05) is 18.1 Å². The minimum absolute atomic E-state index is 0.0199. The molecule has 1 amide bonds. The van der Waals surface area contributed by atoms with Crippen LogP contribution in [0.1, 0.15) is 20.3 Å². The van der Waals surface area contributed by atoms with Crippen LogP contribution in [0.3, 0.4) is 0 Å². The van der Waals surface area contributed by atoms with E-state index in [4.69, 9.17) is 27.9 Å². The van der Waals surface area contributed by atoms with Crippen LogP contribution < -0.4 is 4.74 Å². The van der Waals surface area contributed by atoms with E-state index in [1.165, 1.54) is 0 Å². The maximum atomic E-state index is 12.6. The smallest absolute Gasteiger partial charge is 0.263 e. The third-order valence-corrected chi connectivity index (χ3v) is 6.31. The molecule has 5 nitrogen and oxygen atoms in total. The van der Waals surface area contributed by atoms with Gasteiger partial charge in [-0.25, -0.2) is 8.42 Å². The van der Waals surface area contributed by atoms with Crippen molar-refractivity contribution in [3.05, 3.63) is 28.2 Å². The fourth-order valence-corrected chi connectivity index (χ4v) is 4.67. The molecule has 1 saturated heterocycles. The molecule has 1 aromatic rings. The third-order valence-electron chi connectivity index (χ3n) is 3.82. The summed E-state index contributed by atoms with van der Waals surface area (Å²) in [6, 6.07) is 4.49. The number of likely N-dealkylation sites (N-methyl/N-ethyl adjacent to an activating group) is 1. The second kappa shape index (κ2) is 7.28. The fraction of sp³-hybridized carbons (Fsp3) is 0.533. The molecule has 0 aliphatic carbocycles. The number of halogens is 2. The van der Waals surface area contributed by atoms with Crippen molar-refractivity contribution in [2.24, 2.45) is 0 Å². The molecule has 1 aliphatic heterocycles. The maximum absolute atomic E-state index is 12.6. The van der Waals surface area contributed by atoms with Gasteiger partial charge in [0, 0.05) is 18.7 Å². The first-order valence-electron chi connectivity index (χ1n) is 7.36. The van der Waals surface area contributed by atoms with E-state index in [9.17, 15) is 13.2 Å². The molecular weight excluding hydrogens is 361 g/mol. The van der Waals surface area contributed by atoms with Crippen molar-refractivity contribution < 1.29 is 17.9 Å². The number of carbonyl (C=O) groups excluding carboxylic acids is 1. The maximum Gasteiger partial charge on any atom is 0.263 e. The highest BCUT2D eigenvalue weighted by Gasteiger charge is 2.35. The summed E-state index contributed by atoms with van der Waals surface area (Å²) in [6.07, 6.45) is -0.267. The molecule has 0 bridgehead atoms. The van der Waals surface area contributed by atoms with Crippen molar-refractivity contribution in [1.82, 2.24) is 4.90 Å². The molecule has 2 rings (SSSR count). The molecule has 1 aromatic carbocycles. The van der Waals surface area contributed by atoms with Crippen molar-refractivity contribution in [2.45, 2.75) is 32.4 Å². The summed E-state index contributed by atoms with van der Waals surface area (Å²) in [6.45, 7) is 3.90. The van der Waals surface area contributed by atoms with Crippen molar-refractivity contribution in [3.63, 3.8) is 0 Å². The highest BCUT2D eigenvalue weighted by molar-refractivity contribution is 7.91.